The minimum atomic E-state index is -3.61. The Hall–Kier alpha value is -1.53. The van der Waals surface area contributed by atoms with Gasteiger partial charge in [-0.05, 0) is 43.4 Å². The predicted molar refractivity (Wildman–Crippen MR) is 94.2 cm³/mol. The van der Waals surface area contributed by atoms with Crippen molar-refractivity contribution in [2.75, 3.05) is 10.8 Å². The Bertz CT molecular complexity index is 887. The summed E-state index contributed by atoms with van der Waals surface area (Å²) in [7, 11) is -3.61. The third-order valence-corrected chi connectivity index (χ3v) is 6.70. The Balaban J connectivity index is 1.78. The molecule has 1 aliphatic carbocycles. The minimum absolute atomic E-state index is 0.286. The number of anilines is 1. The van der Waals surface area contributed by atoms with Crippen LogP contribution >= 0.6 is 11.6 Å². The van der Waals surface area contributed by atoms with Gasteiger partial charge in [0.2, 0.25) is 0 Å². The summed E-state index contributed by atoms with van der Waals surface area (Å²) in [5, 5.41) is 5.11. The maximum absolute atomic E-state index is 13.3. The highest BCUT2D eigenvalue weighted by Crippen LogP contribution is 2.44. The summed E-state index contributed by atoms with van der Waals surface area (Å²) in [4.78, 5) is 0.367. The second-order valence-corrected chi connectivity index (χ2v) is 8.78. The van der Waals surface area contributed by atoms with Gasteiger partial charge in [-0.1, -0.05) is 24.6 Å². The second-order valence-electron chi connectivity index (χ2n) is 6.52. The Kier molecular flexibility index (Phi) is 3.84. The van der Waals surface area contributed by atoms with E-state index in [9.17, 15) is 8.42 Å². The molecule has 1 aromatic carbocycles. The van der Waals surface area contributed by atoms with Crippen LogP contribution < -0.4 is 4.31 Å². The van der Waals surface area contributed by atoms with Crippen LogP contribution in [-0.2, 0) is 23.0 Å². The molecule has 1 aromatic heterocycles. The molecule has 1 saturated carbocycles. The van der Waals surface area contributed by atoms with Crippen LogP contribution in [0.15, 0.2) is 29.3 Å². The van der Waals surface area contributed by atoms with Crippen molar-refractivity contribution in [1.29, 1.82) is 0 Å². The van der Waals surface area contributed by atoms with E-state index in [1.807, 2.05) is 12.1 Å². The zero-order valence-corrected chi connectivity index (χ0v) is 15.1. The molecule has 7 heteroatoms. The standard InChI is InChI=1S/C17H20ClN3O2S/c1-2-8-20-11-16(17(19-20)13-3-4-13)24(22,23)21-9-7-12-5-6-14(18)10-15(12)21/h5-6,10-11,13H,2-4,7-9H2,1H3. The fourth-order valence-corrected chi connectivity index (χ4v) is 5.18. The molecule has 1 fully saturated rings. The molecule has 0 spiro atoms. The van der Waals surface area contributed by atoms with Gasteiger partial charge in [0, 0.05) is 30.2 Å². The average molecular weight is 366 g/mol. The molecule has 4 rings (SSSR count). The monoisotopic (exact) mass is 365 g/mol. The molecule has 0 radical (unpaired) electrons. The highest BCUT2D eigenvalue weighted by Gasteiger charge is 2.38. The number of hydrogen-bond acceptors (Lipinski definition) is 3. The quantitative estimate of drug-likeness (QED) is 0.813. The van der Waals surface area contributed by atoms with Crippen molar-refractivity contribution in [3.63, 3.8) is 0 Å². The van der Waals surface area contributed by atoms with Gasteiger partial charge in [0.25, 0.3) is 10.0 Å². The Morgan fingerprint density at radius 2 is 2.12 bits per heavy atom. The third kappa shape index (κ3) is 2.62. The molecule has 0 saturated heterocycles. The fourth-order valence-electron chi connectivity index (χ4n) is 3.29. The van der Waals surface area contributed by atoms with Crippen molar-refractivity contribution in [2.24, 2.45) is 0 Å². The largest absolute Gasteiger partial charge is 0.271 e. The number of aryl methyl sites for hydroxylation is 1. The van der Waals surface area contributed by atoms with Crippen LogP contribution in [0.2, 0.25) is 5.02 Å². The zero-order chi connectivity index (χ0) is 16.9. The maximum atomic E-state index is 13.3. The lowest BCUT2D eigenvalue weighted by molar-refractivity contribution is 0.588. The molecule has 24 heavy (non-hydrogen) atoms. The number of benzene rings is 1. The van der Waals surface area contributed by atoms with Crippen molar-refractivity contribution in [2.45, 2.75) is 50.0 Å². The van der Waals surface area contributed by atoms with Crippen molar-refractivity contribution in [3.05, 3.63) is 40.7 Å². The highest BCUT2D eigenvalue weighted by atomic mass is 35.5. The molecule has 2 aromatic rings. The van der Waals surface area contributed by atoms with Crippen LogP contribution in [0.1, 0.15) is 43.4 Å². The molecule has 5 nitrogen and oxygen atoms in total. The number of nitrogens with zero attached hydrogens (tertiary/aromatic N) is 3. The van der Waals surface area contributed by atoms with Gasteiger partial charge in [0.05, 0.1) is 11.4 Å². The number of sulfonamides is 1. The number of halogens is 1. The summed E-state index contributed by atoms with van der Waals surface area (Å²) in [5.41, 5.74) is 2.46. The molecule has 0 unspecified atom stereocenters. The SMILES string of the molecule is CCCn1cc(S(=O)(=O)N2CCc3ccc(Cl)cc32)c(C2CC2)n1. The van der Waals surface area contributed by atoms with Gasteiger partial charge < -0.3 is 0 Å². The van der Waals surface area contributed by atoms with Crippen LogP contribution in [0.25, 0.3) is 0 Å². The molecule has 2 aliphatic rings. The van der Waals surface area contributed by atoms with Crippen LogP contribution in [-0.4, -0.2) is 24.7 Å². The van der Waals surface area contributed by atoms with E-state index in [-0.39, 0.29) is 5.92 Å². The molecule has 0 N–H and O–H groups in total. The first-order valence-electron chi connectivity index (χ1n) is 8.39. The molecule has 0 atom stereocenters. The highest BCUT2D eigenvalue weighted by molar-refractivity contribution is 7.93. The van der Waals surface area contributed by atoms with E-state index in [0.717, 1.165) is 37.1 Å². The molecule has 1 aliphatic heterocycles. The van der Waals surface area contributed by atoms with Gasteiger partial charge in [-0.25, -0.2) is 8.42 Å². The predicted octanol–water partition coefficient (Wildman–Crippen LogP) is 3.58. The lowest BCUT2D eigenvalue weighted by atomic mass is 10.2. The van der Waals surface area contributed by atoms with E-state index in [1.165, 1.54) is 4.31 Å². The van der Waals surface area contributed by atoms with E-state index < -0.39 is 10.0 Å². The number of aromatic nitrogens is 2. The van der Waals surface area contributed by atoms with Crippen molar-refractivity contribution >= 4 is 27.3 Å². The average Bonchev–Trinajstić information content (AvgIpc) is 3.15. The van der Waals surface area contributed by atoms with E-state index in [4.69, 9.17) is 11.6 Å². The topological polar surface area (TPSA) is 55.2 Å². The smallest absolute Gasteiger partial charge is 0.267 e. The zero-order valence-electron chi connectivity index (χ0n) is 13.6. The lowest BCUT2D eigenvalue weighted by Gasteiger charge is -2.19. The van der Waals surface area contributed by atoms with E-state index >= 15 is 0 Å². The van der Waals surface area contributed by atoms with Gasteiger partial charge >= 0.3 is 0 Å². The lowest BCUT2D eigenvalue weighted by Crippen LogP contribution is -2.29. The number of fused-ring (bicyclic) bond motifs is 1. The van der Waals surface area contributed by atoms with Gasteiger partial charge in [-0.3, -0.25) is 8.99 Å². The van der Waals surface area contributed by atoms with Gasteiger partial charge in [-0.15, -0.1) is 0 Å². The summed E-state index contributed by atoms with van der Waals surface area (Å²) < 4.78 is 29.9. The minimum Gasteiger partial charge on any atom is -0.271 e. The number of rotatable bonds is 5. The van der Waals surface area contributed by atoms with Crippen LogP contribution in [0.4, 0.5) is 5.69 Å². The molecule has 0 bridgehead atoms. The van der Waals surface area contributed by atoms with E-state index in [2.05, 4.69) is 12.0 Å². The summed E-state index contributed by atoms with van der Waals surface area (Å²) in [6.45, 7) is 3.25. The van der Waals surface area contributed by atoms with Crippen LogP contribution in [0.3, 0.4) is 0 Å². The van der Waals surface area contributed by atoms with Gasteiger partial charge in [0.15, 0.2) is 0 Å². The van der Waals surface area contributed by atoms with E-state index in [0.29, 0.717) is 28.6 Å². The molecule has 2 heterocycles. The first kappa shape index (κ1) is 16.0. The summed E-state index contributed by atoms with van der Waals surface area (Å²) in [6.07, 6.45) is 5.39. The van der Waals surface area contributed by atoms with Crippen molar-refractivity contribution in [3.8, 4) is 0 Å². The summed E-state index contributed by atoms with van der Waals surface area (Å²) >= 11 is 6.08. The number of hydrogen-bond donors (Lipinski definition) is 0. The summed E-state index contributed by atoms with van der Waals surface area (Å²) in [6, 6.07) is 5.47. The van der Waals surface area contributed by atoms with Crippen molar-refractivity contribution in [1.82, 2.24) is 9.78 Å². The van der Waals surface area contributed by atoms with Gasteiger partial charge in [0.1, 0.15) is 4.90 Å². The Morgan fingerprint density at radius 3 is 2.83 bits per heavy atom. The van der Waals surface area contributed by atoms with Crippen LogP contribution in [0, 0.1) is 0 Å². The first-order chi connectivity index (χ1) is 11.5. The molecular weight excluding hydrogens is 346 g/mol. The molecule has 0 amide bonds. The molecular formula is C17H20ClN3O2S. The first-order valence-corrected chi connectivity index (χ1v) is 10.2. The summed E-state index contributed by atoms with van der Waals surface area (Å²) in [5.74, 6) is 0.286. The second kappa shape index (κ2) is 5.77. The van der Waals surface area contributed by atoms with Crippen LogP contribution in [0.5, 0.6) is 0 Å². The normalized spacial score (nSPS) is 17.3. The van der Waals surface area contributed by atoms with E-state index in [1.54, 1.807) is 16.9 Å². The Labute approximate surface area is 147 Å². The Morgan fingerprint density at radius 1 is 1.33 bits per heavy atom. The molecule has 128 valence electrons. The maximum Gasteiger partial charge on any atom is 0.267 e. The van der Waals surface area contributed by atoms with Crippen molar-refractivity contribution < 1.29 is 8.42 Å². The van der Waals surface area contributed by atoms with Gasteiger partial charge in [-0.2, -0.15) is 5.10 Å². The third-order valence-electron chi connectivity index (χ3n) is 4.64. The fraction of sp³-hybridized carbons (Fsp3) is 0.471.